The number of hydrogen-bond acceptors (Lipinski definition) is 3. The van der Waals surface area contributed by atoms with Crippen molar-refractivity contribution < 1.29 is 9.94 Å². The fourth-order valence-electron chi connectivity index (χ4n) is 1.74. The van der Waals surface area contributed by atoms with Crippen LogP contribution >= 0.6 is 0 Å². The summed E-state index contributed by atoms with van der Waals surface area (Å²) in [6, 6.07) is 15.5. The lowest BCUT2D eigenvalue weighted by Gasteiger charge is -2.11. The first kappa shape index (κ1) is 13.4. The number of hydrogen-bond donors (Lipinski definition) is 2. The van der Waals surface area contributed by atoms with E-state index in [2.05, 4.69) is 31.5 Å². The van der Waals surface area contributed by atoms with Crippen LogP contribution in [-0.2, 0) is 6.61 Å². The maximum absolute atomic E-state index is 8.96. The van der Waals surface area contributed by atoms with Gasteiger partial charge in [0.05, 0.1) is 12.3 Å². The molecule has 0 amide bonds. The molecule has 2 aromatic rings. The number of nitrogens with one attached hydrogen (secondary N) is 1. The van der Waals surface area contributed by atoms with E-state index in [-0.39, 0.29) is 6.61 Å². The molecule has 0 aromatic heterocycles. The second-order valence-corrected chi connectivity index (χ2v) is 4.79. The van der Waals surface area contributed by atoms with E-state index in [4.69, 9.17) is 9.94 Å². The molecule has 2 aromatic carbocycles. The van der Waals surface area contributed by atoms with Crippen LogP contribution in [0.3, 0.4) is 0 Å². The van der Waals surface area contributed by atoms with Crippen molar-refractivity contribution in [3.05, 3.63) is 59.7 Å². The molecule has 0 bridgehead atoms. The van der Waals surface area contributed by atoms with Crippen molar-refractivity contribution in [3.63, 3.8) is 0 Å². The smallest absolute Gasteiger partial charge is 0.155 e. The Morgan fingerprint density at radius 3 is 2.47 bits per heavy atom. The molecule has 2 N–H and O–H groups in total. The Hall–Kier alpha value is -2.00. The van der Waals surface area contributed by atoms with E-state index in [9.17, 15) is 0 Å². The highest BCUT2D eigenvalue weighted by molar-refractivity contribution is 5.45. The molecule has 19 heavy (non-hydrogen) atoms. The van der Waals surface area contributed by atoms with Gasteiger partial charge in [-0.05, 0) is 41.3 Å². The molecule has 0 aliphatic carbocycles. The standard InChI is InChI=1S/C16H19NO2/c1-12(2)14-4-3-5-15(10-14)17-19-16-8-6-13(11-18)7-9-16/h3-10,12,17-18H,11H2,1-2H3. The van der Waals surface area contributed by atoms with Crippen LogP contribution in [0.4, 0.5) is 5.69 Å². The summed E-state index contributed by atoms with van der Waals surface area (Å²) in [5.41, 5.74) is 6.00. The van der Waals surface area contributed by atoms with Crippen molar-refractivity contribution in [2.24, 2.45) is 0 Å². The highest BCUT2D eigenvalue weighted by Crippen LogP contribution is 2.19. The zero-order valence-corrected chi connectivity index (χ0v) is 11.3. The third kappa shape index (κ3) is 3.73. The van der Waals surface area contributed by atoms with E-state index in [1.54, 1.807) is 0 Å². The Bertz CT molecular complexity index is 521. The lowest BCUT2D eigenvalue weighted by Crippen LogP contribution is -2.05. The van der Waals surface area contributed by atoms with Crippen molar-refractivity contribution in [1.82, 2.24) is 0 Å². The molecule has 0 saturated heterocycles. The normalized spacial score (nSPS) is 10.5. The Morgan fingerprint density at radius 2 is 1.84 bits per heavy atom. The van der Waals surface area contributed by atoms with Gasteiger partial charge in [-0.25, -0.2) is 5.48 Å². The summed E-state index contributed by atoms with van der Waals surface area (Å²) in [5.74, 6) is 1.21. The Kier molecular flexibility index (Phi) is 4.42. The van der Waals surface area contributed by atoms with Gasteiger partial charge >= 0.3 is 0 Å². The topological polar surface area (TPSA) is 41.5 Å². The van der Waals surface area contributed by atoms with Crippen LogP contribution in [0, 0.1) is 0 Å². The number of benzene rings is 2. The molecule has 100 valence electrons. The summed E-state index contributed by atoms with van der Waals surface area (Å²) >= 11 is 0. The number of anilines is 1. The zero-order chi connectivity index (χ0) is 13.7. The van der Waals surface area contributed by atoms with Gasteiger partial charge in [-0.1, -0.05) is 38.1 Å². The SMILES string of the molecule is CC(C)c1cccc(NOc2ccc(CO)cc2)c1. The summed E-state index contributed by atoms with van der Waals surface area (Å²) < 4.78 is 0. The van der Waals surface area contributed by atoms with Crippen molar-refractivity contribution in [2.75, 3.05) is 5.48 Å². The molecule has 0 aliphatic heterocycles. The molecule has 0 atom stereocenters. The van der Waals surface area contributed by atoms with Crippen LogP contribution in [0.2, 0.25) is 0 Å². The molecule has 0 unspecified atom stereocenters. The second kappa shape index (κ2) is 6.25. The molecule has 3 heteroatoms. The molecule has 2 rings (SSSR count). The van der Waals surface area contributed by atoms with Gasteiger partial charge in [0.2, 0.25) is 0 Å². The molecule has 3 nitrogen and oxygen atoms in total. The average molecular weight is 257 g/mol. The van der Waals surface area contributed by atoms with Crippen LogP contribution in [0.1, 0.15) is 30.9 Å². The molecule has 0 spiro atoms. The quantitative estimate of drug-likeness (QED) is 0.802. The van der Waals surface area contributed by atoms with Gasteiger partial charge < -0.3 is 9.94 Å². The van der Waals surface area contributed by atoms with Gasteiger partial charge in [0.1, 0.15) is 0 Å². The van der Waals surface area contributed by atoms with Crippen molar-refractivity contribution in [1.29, 1.82) is 0 Å². The Labute approximate surface area is 113 Å². The van der Waals surface area contributed by atoms with Gasteiger partial charge in [0, 0.05) is 0 Å². The lowest BCUT2D eigenvalue weighted by molar-refractivity contribution is 0.281. The minimum Gasteiger partial charge on any atom is -0.392 e. The highest BCUT2D eigenvalue weighted by Gasteiger charge is 2.01. The zero-order valence-electron chi connectivity index (χ0n) is 11.3. The molecule has 0 aliphatic rings. The fraction of sp³-hybridized carbons (Fsp3) is 0.250. The van der Waals surface area contributed by atoms with Crippen molar-refractivity contribution in [2.45, 2.75) is 26.4 Å². The van der Waals surface area contributed by atoms with Crippen LogP contribution in [-0.4, -0.2) is 5.11 Å². The van der Waals surface area contributed by atoms with E-state index in [1.165, 1.54) is 5.56 Å². The molecule has 0 heterocycles. The summed E-state index contributed by atoms with van der Waals surface area (Å²) in [6.07, 6.45) is 0. The minimum absolute atomic E-state index is 0.0458. The van der Waals surface area contributed by atoms with E-state index >= 15 is 0 Å². The highest BCUT2D eigenvalue weighted by atomic mass is 16.6. The predicted octanol–water partition coefficient (Wildman–Crippen LogP) is 3.71. The van der Waals surface area contributed by atoms with Crippen molar-refractivity contribution in [3.8, 4) is 5.75 Å². The minimum atomic E-state index is 0.0458. The Balaban J connectivity index is 1.99. The third-order valence-electron chi connectivity index (χ3n) is 2.95. The number of aliphatic hydroxyl groups excluding tert-OH is 1. The van der Waals surface area contributed by atoms with E-state index < -0.39 is 0 Å². The van der Waals surface area contributed by atoms with Gasteiger partial charge in [-0.2, -0.15) is 0 Å². The van der Waals surface area contributed by atoms with Crippen LogP contribution in [0.15, 0.2) is 48.5 Å². The van der Waals surface area contributed by atoms with E-state index in [0.29, 0.717) is 11.7 Å². The van der Waals surface area contributed by atoms with Gasteiger partial charge in [-0.3, -0.25) is 0 Å². The molecule has 0 saturated carbocycles. The Morgan fingerprint density at radius 1 is 1.11 bits per heavy atom. The first-order chi connectivity index (χ1) is 9.19. The van der Waals surface area contributed by atoms with Gasteiger partial charge in [0.15, 0.2) is 5.75 Å². The fourth-order valence-corrected chi connectivity index (χ4v) is 1.74. The molecule has 0 radical (unpaired) electrons. The summed E-state index contributed by atoms with van der Waals surface area (Å²) in [6.45, 7) is 4.37. The maximum atomic E-state index is 8.96. The summed E-state index contributed by atoms with van der Waals surface area (Å²) in [4.78, 5) is 5.49. The van der Waals surface area contributed by atoms with Crippen LogP contribution in [0.25, 0.3) is 0 Å². The third-order valence-corrected chi connectivity index (χ3v) is 2.95. The summed E-state index contributed by atoms with van der Waals surface area (Å²) in [5, 5.41) is 8.96. The molecular formula is C16H19NO2. The van der Waals surface area contributed by atoms with Gasteiger partial charge in [-0.15, -0.1) is 0 Å². The lowest BCUT2D eigenvalue weighted by atomic mass is 10.0. The maximum Gasteiger partial charge on any atom is 0.155 e. The first-order valence-electron chi connectivity index (χ1n) is 6.41. The largest absolute Gasteiger partial charge is 0.392 e. The van der Waals surface area contributed by atoms with Crippen LogP contribution < -0.4 is 10.3 Å². The first-order valence-corrected chi connectivity index (χ1v) is 6.41. The molecular weight excluding hydrogens is 238 g/mol. The van der Waals surface area contributed by atoms with Crippen molar-refractivity contribution >= 4 is 5.69 Å². The second-order valence-electron chi connectivity index (χ2n) is 4.79. The average Bonchev–Trinajstić information content (AvgIpc) is 2.46. The number of aliphatic hydroxyl groups is 1. The number of rotatable bonds is 5. The predicted molar refractivity (Wildman–Crippen MR) is 77.1 cm³/mol. The van der Waals surface area contributed by atoms with E-state index in [1.807, 2.05) is 36.4 Å². The molecule has 0 fully saturated rings. The monoisotopic (exact) mass is 257 g/mol. The summed E-state index contributed by atoms with van der Waals surface area (Å²) in [7, 11) is 0. The van der Waals surface area contributed by atoms with Crippen LogP contribution in [0.5, 0.6) is 5.75 Å². The van der Waals surface area contributed by atoms with Gasteiger partial charge in [0.25, 0.3) is 0 Å². The van der Waals surface area contributed by atoms with E-state index in [0.717, 1.165) is 11.3 Å².